The van der Waals surface area contributed by atoms with Gasteiger partial charge in [0.15, 0.2) is 0 Å². The molecule has 0 aliphatic carbocycles. The third-order valence-electron chi connectivity index (χ3n) is 6.71. The van der Waals surface area contributed by atoms with Gasteiger partial charge in [0.2, 0.25) is 5.95 Å². The Morgan fingerprint density at radius 1 is 0.944 bits per heavy atom. The Bertz CT molecular complexity index is 1320. The number of fused-ring (bicyclic) bond motifs is 1. The summed E-state index contributed by atoms with van der Waals surface area (Å²) in [4.78, 5) is 20.1. The van der Waals surface area contributed by atoms with Crippen LogP contribution < -0.4 is 5.32 Å². The third-order valence-corrected chi connectivity index (χ3v) is 6.71. The molecule has 36 heavy (non-hydrogen) atoms. The maximum Gasteiger partial charge on any atom is 0.411 e. The van der Waals surface area contributed by atoms with Gasteiger partial charge in [0.25, 0.3) is 0 Å². The Kier molecular flexibility index (Phi) is 6.67. The van der Waals surface area contributed by atoms with E-state index in [1.54, 1.807) is 35.9 Å². The predicted molar refractivity (Wildman–Crippen MR) is 134 cm³/mol. The number of anilines is 1. The fraction of sp³-hybridized carbons (Fsp3) is 0.259. The van der Waals surface area contributed by atoms with Gasteiger partial charge in [-0.2, -0.15) is 0 Å². The highest BCUT2D eigenvalue weighted by Gasteiger charge is 2.27. The van der Waals surface area contributed by atoms with Crippen LogP contribution in [0.1, 0.15) is 22.7 Å². The molecule has 2 heterocycles. The van der Waals surface area contributed by atoms with Gasteiger partial charge in [-0.1, -0.05) is 30.3 Å². The fourth-order valence-electron chi connectivity index (χ4n) is 4.89. The molecule has 1 aromatic heterocycles. The number of rotatable bonds is 6. The van der Waals surface area contributed by atoms with Crippen molar-refractivity contribution in [1.29, 1.82) is 0 Å². The van der Waals surface area contributed by atoms with Crippen LogP contribution >= 0.6 is 0 Å². The van der Waals surface area contributed by atoms with Gasteiger partial charge in [0.1, 0.15) is 11.6 Å². The topological polar surface area (TPSA) is 73.6 Å². The molecule has 7 nitrogen and oxygen atoms in total. The number of piperazine rings is 1. The maximum absolute atomic E-state index is 13.6. The van der Waals surface area contributed by atoms with Crippen LogP contribution in [0.15, 0.2) is 66.7 Å². The van der Waals surface area contributed by atoms with E-state index in [2.05, 4.69) is 20.1 Å². The van der Waals surface area contributed by atoms with Gasteiger partial charge in [-0.25, -0.2) is 18.6 Å². The number of nitrogens with zero attached hydrogens (tertiary/aromatic N) is 4. The lowest BCUT2D eigenvalue weighted by molar-refractivity contribution is 0.105. The molecule has 1 saturated heterocycles. The first kappa shape index (κ1) is 23.9. The summed E-state index contributed by atoms with van der Waals surface area (Å²) in [6.07, 6.45) is -1.15. The zero-order valence-electron chi connectivity index (χ0n) is 19.9. The highest BCUT2D eigenvalue weighted by atomic mass is 19.1. The minimum atomic E-state index is -1.15. The lowest BCUT2D eigenvalue weighted by Gasteiger charge is -2.40. The van der Waals surface area contributed by atoms with Crippen LogP contribution in [0.25, 0.3) is 11.0 Å². The Labute approximate surface area is 207 Å². The molecule has 1 aliphatic heterocycles. The van der Waals surface area contributed by atoms with Gasteiger partial charge in [-0.3, -0.25) is 15.1 Å². The van der Waals surface area contributed by atoms with Crippen molar-refractivity contribution < 1.29 is 18.7 Å². The molecule has 1 aliphatic rings. The summed E-state index contributed by atoms with van der Waals surface area (Å²) < 4.78 is 28.9. The number of amides is 1. The van der Waals surface area contributed by atoms with Crippen molar-refractivity contribution >= 4 is 23.1 Å². The molecule has 3 aromatic carbocycles. The molecule has 0 bridgehead atoms. The van der Waals surface area contributed by atoms with Crippen LogP contribution in [0.4, 0.5) is 19.5 Å². The number of hydrogen-bond acceptors (Lipinski definition) is 4. The first-order valence-corrected chi connectivity index (χ1v) is 11.8. The molecule has 1 fully saturated rings. The van der Waals surface area contributed by atoms with Crippen molar-refractivity contribution in [1.82, 2.24) is 19.4 Å². The molecule has 4 aromatic rings. The predicted octanol–water partition coefficient (Wildman–Crippen LogP) is 4.85. The molecular weight excluding hydrogens is 464 g/mol. The normalized spacial score (nSPS) is 15.0. The fourth-order valence-corrected chi connectivity index (χ4v) is 4.89. The summed E-state index contributed by atoms with van der Waals surface area (Å²) in [5.41, 5.74) is 4.65. The SMILES string of the molecule is Cn1c(NC(=O)O)nc2cc(CN3CCN(C(c4ccc(F)cc4)c4ccc(F)cc4)CC3)ccc21. The smallest absolute Gasteiger partial charge is 0.411 e. The molecule has 0 radical (unpaired) electrons. The Balaban J connectivity index is 1.29. The minimum Gasteiger partial charge on any atom is -0.465 e. The van der Waals surface area contributed by atoms with Crippen LogP contribution in [0, 0.1) is 11.6 Å². The zero-order chi connectivity index (χ0) is 25.2. The van der Waals surface area contributed by atoms with Gasteiger partial charge >= 0.3 is 6.09 Å². The molecule has 1 amide bonds. The Morgan fingerprint density at radius 3 is 2.08 bits per heavy atom. The second-order valence-electron chi connectivity index (χ2n) is 9.07. The number of nitrogens with one attached hydrogen (secondary N) is 1. The number of aromatic nitrogens is 2. The first-order chi connectivity index (χ1) is 17.4. The van der Waals surface area contributed by atoms with Crippen LogP contribution in [-0.2, 0) is 13.6 Å². The standard InChI is InChI=1S/C27H27F2N5O2/c1-32-24-11-2-18(16-23(24)30-26(32)31-27(35)36)17-33-12-14-34(15-13-33)25(19-3-7-21(28)8-4-19)20-5-9-22(29)10-6-20/h2-11,16,25H,12-15,17H2,1H3,(H,30,31)(H,35,36). The van der Waals surface area contributed by atoms with Gasteiger partial charge in [-0.15, -0.1) is 0 Å². The van der Waals surface area contributed by atoms with E-state index < -0.39 is 6.09 Å². The van der Waals surface area contributed by atoms with E-state index in [4.69, 9.17) is 5.11 Å². The molecular formula is C27H27F2N5O2. The molecule has 0 saturated carbocycles. The van der Waals surface area contributed by atoms with Crippen LogP contribution in [-0.4, -0.2) is 56.7 Å². The van der Waals surface area contributed by atoms with Crippen molar-refractivity contribution in [2.45, 2.75) is 12.6 Å². The van der Waals surface area contributed by atoms with E-state index in [-0.39, 0.29) is 23.6 Å². The highest BCUT2D eigenvalue weighted by molar-refractivity contribution is 5.86. The van der Waals surface area contributed by atoms with Gasteiger partial charge in [-0.05, 0) is 53.1 Å². The number of carbonyl (C=O) groups is 1. The lowest BCUT2D eigenvalue weighted by Crippen LogP contribution is -2.47. The summed E-state index contributed by atoms with van der Waals surface area (Å²) in [6.45, 7) is 4.03. The number of hydrogen-bond donors (Lipinski definition) is 2. The number of halogens is 2. The summed E-state index contributed by atoms with van der Waals surface area (Å²) in [7, 11) is 1.78. The van der Waals surface area contributed by atoms with Crippen molar-refractivity contribution in [2.75, 3.05) is 31.5 Å². The van der Waals surface area contributed by atoms with Crippen LogP contribution in [0.3, 0.4) is 0 Å². The van der Waals surface area contributed by atoms with Crippen molar-refractivity contribution in [3.05, 3.63) is 95.1 Å². The Hall–Kier alpha value is -3.82. The zero-order valence-corrected chi connectivity index (χ0v) is 19.9. The van der Waals surface area contributed by atoms with Gasteiger partial charge in [0, 0.05) is 39.8 Å². The summed E-state index contributed by atoms with van der Waals surface area (Å²) >= 11 is 0. The number of benzene rings is 3. The second kappa shape index (κ2) is 10.0. The number of imidazole rings is 1. The summed E-state index contributed by atoms with van der Waals surface area (Å²) in [6, 6.07) is 19.0. The largest absolute Gasteiger partial charge is 0.465 e. The van der Waals surface area contributed by atoms with Gasteiger partial charge < -0.3 is 9.67 Å². The van der Waals surface area contributed by atoms with Crippen molar-refractivity contribution in [3.63, 3.8) is 0 Å². The molecule has 0 atom stereocenters. The van der Waals surface area contributed by atoms with E-state index in [0.717, 1.165) is 60.4 Å². The lowest BCUT2D eigenvalue weighted by atomic mass is 9.96. The average Bonchev–Trinajstić information content (AvgIpc) is 3.16. The molecule has 0 unspecified atom stereocenters. The van der Waals surface area contributed by atoms with E-state index in [1.807, 2.05) is 18.2 Å². The summed E-state index contributed by atoms with van der Waals surface area (Å²) in [5, 5.41) is 11.3. The Morgan fingerprint density at radius 2 is 1.53 bits per heavy atom. The van der Waals surface area contributed by atoms with Gasteiger partial charge in [0.05, 0.1) is 17.1 Å². The average molecular weight is 492 g/mol. The molecule has 186 valence electrons. The van der Waals surface area contributed by atoms with E-state index in [9.17, 15) is 13.6 Å². The van der Waals surface area contributed by atoms with E-state index in [0.29, 0.717) is 0 Å². The monoisotopic (exact) mass is 491 g/mol. The van der Waals surface area contributed by atoms with E-state index >= 15 is 0 Å². The van der Waals surface area contributed by atoms with E-state index in [1.165, 1.54) is 24.3 Å². The highest BCUT2D eigenvalue weighted by Crippen LogP contribution is 2.30. The first-order valence-electron chi connectivity index (χ1n) is 11.8. The molecule has 5 rings (SSSR count). The quantitative estimate of drug-likeness (QED) is 0.404. The summed E-state index contributed by atoms with van der Waals surface area (Å²) in [5.74, 6) is -0.273. The molecule has 0 spiro atoms. The van der Waals surface area contributed by atoms with Crippen molar-refractivity contribution in [3.8, 4) is 0 Å². The molecule has 9 heteroatoms. The van der Waals surface area contributed by atoms with Crippen LogP contribution in [0.2, 0.25) is 0 Å². The number of carboxylic acid groups (broad SMARTS) is 1. The third kappa shape index (κ3) is 5.07. The maximum atomic E-state index is 13.6. The minimum absolute atomic E-state index is 0.0848. The number of aryl methyl sites for hydroxylation is 1. The second-order valence-corrected chi connectivity index (χ2v) is 9.07. The molecule has 2 N–H and O–H groups in total. The van der Waals surface area contributed by atoms with Crippen molar-refractivity contribution in [2.24, 2.45) is 7.05 Å². The van der Waals surface area contributed by atoms with Crippen LogP contribution in [0.5, 0.6) is 0 Å².